The smallest absolute Gasteiger partial charge is 0.220 e. The molecule has 0 spiro atoms. The summed E-state index contributed by atoms with van der Waals surface area (Å²) in [7, 11) is 0. The number of rotatable bonds is 1. The van der Waals surface area contributed by atoms with Crippen molar-refractivity contribution < 1.29 is 4.39 Å². The van der Waals surface area contributed by atoms with Crippen LogP contribution in [0.2, 0.25) is 5.02 Å². The Labute approximate surface area is 90.0 Å². The lowest BCUT2D eigenvalue weighted by Crippen LogP contribution is -1.95. The van der Waals surface area contributed by atoms with E-state index in [4.69, 9.17) is 17.3 Å². The zero-order valence-electron chi connectivity index (χ0n) is 7.48. The van der Waals surface area contributed by atoms with E-state index in [-0.39, 0.29) is 11.5 Å². The fourth-order valence-electron chi connectivity index (χ4n) is 1.10. The molecule has 2 N–H and O–H groups in total. The van der Waals surface area contributed by atoms with Crippen molar-refractivity contribution in [1.29, 1.82) is 0 Å². The minimum atomic E-state index is -0.618. The minimum absolute atomic E-state index is 0.133. The van der Waals surface area contributed by atoms with Crippen LogP contribution in [0.4, 0.5) is 10.3 Å². The largest absolute Gasteiger partial charge is 0.368 e. The fourth-order valence-corrected chi connectivity index (χ4v) is 1.26. The first-order valence-corrected chi connectivity index (χ1v) is 4.43. The van der Waals surface area contributed by atoms with Crippen LogP contribution in [0.15, 0.2) is 24.7 Å². The van der Waals surface area contributed by atoms with Crippen LogP contribution in [0.25, 0.3) is 11.1 Å². The summed E-state index contributed by atoms with van der Waals surface area (Å²) in [4.78, 5) is 11.0. The molecule has 15 heavy (non-hydrogen) atoms. The van der Waals surface area contributed by atoms with Crippen molar-refractivity contribution in [2.75, 3.05) is 5.73 Å². The molecule has 0 saturated heterocycles. The first kappa shape index (κ1) is 9.79. The van der Waals surface area contributed by atoms with Crippen molar-refractivity contribution in [3.63, 3.8) is 0 Å². The van der Waals surface area contributed by atoms with Gasteiger partial charge in [-0.25, -0.2) is 15.0 Å². The molecule has 76 valence electrons. The van der Waals surface area contributed by atoms with Gasteiger partial charge in [0.1, 0.15) is 0 Å². The predicted molar refractivity (Wildman–Crippen MR) is 54.6 cm³/mol. The van der Waals surface area contributed by atoms with Crippen LogP contribution < -0.4 is 5.73 Å². The van der Waals surface area contributed by atoms with Gasteiger partial charge in [-0.2, -0.15) is 4.39 Å². The van der Waals surface area contributed by atoms with Gasteiger partial charge in [0.15, 0.2) is 0 Å². The minimum Gasteiger partial charge on any atom is -0.368 e. The summed E-state index contributed by atoms with van der Waals surface area (Å²) in [5.74, 6) is -0.484. The fraction of sp³-hybridized carbons (Fsp3) is 0. The van der Waals surface area contributed by atoms with Crippen LogP contribution in [0.1, 0.15) is 0 Å². The molecule has 4 nitrogen and oxygen atoms in total. The average Bonchev–Trinajstić information content (AvgIpc) is 2.23. The quantitative estimate of drug-likeness (QED) is 0.752. The Bertz CT molecular complexity index is 486. The molecule has 2 aromatic heterocycles. The van der Waals surface area contributed by atoms with Crippen molar-refractivity contribution in [3.8, 4) is 11.1 Å². The van der Waals surface area contributed by atoms with E-state index in [9.17, 15) is 4.39 Å². The maximum atomic E-state index is 13.3. The second-order valence-electron chi connectivity index (χ2n) is 2.82. The second-order valence-corrected chi connectivity index (χ2v) is 3.26. The summed E-state index contributed by atoms with van der Waals surface area (Å²) in [5.41, 5.74) is 6.05. The van der Waals surface area contributed by atoms with Crippen molar-refractivity contribution in [3.05, 3.63) is 35.6 Å². The molecule has 0 radical (unpaired) electrons. The van der Waals surface area contributed by atoms with E-state index in [0.717, 1.165) is 0 Å². The molecular weight excluding hydrogens is 219 g/mol. The third kappa shape index (κ3) is 2.02. The van der Waals surface area contributed by atoms with Crippen LogP contribution in [0, 0.1) is 5.95 Å². The molecule has 0 aliphatic heterocycles. The van der Waals surface area contributed by atoms with Crippen LogP contribution in [0.5, 0.6) is 0 Å². The highest BCUT2D eigenvalue weighted by atomic mass is 35.5. The Kier molecular flexibility index (Phi) is 2.47. The highest BCUT2D eigenvalue weighted by Crippen LogP contribution is 2.23. The topological polar surface area (TPSA) is 64.7 Å². The zero-order chi connectivity index (χ0) is 10.8. The Morgan fingerprint density at radius 2 is 1.80 bits per heavy atom. The van der Waals surface area contributed by atoms with Gasteiger partial charge in [-0.1, -0.05) is 11.6 Å². The number of nitrogens with two attached hydrogens (primary N) is 1. The Hall–Kier alpha value is -1.75. The molecule has 0 aliphatic rings. The second kappa shape index (κ2) is 3.78. The summed E-state index contributed by atoms with van der Waals surface area (Å²) >= 11 is 5.70. The lowest BCUT2D eigenvalue weighted by atomic mass is 10.1. The first-order valence-electron chi connectivity index (χ1n) is 4.06. The number of pyridine rings is 1. The molecule has 0 unspecified atom stereocenters. The monoisotopic (exact) mass is 224 g/mol. The van der Waals surface area contributed by atoms with E-state index in [1.54, 1.807) is 0 Å². The lowest BCUT2D eigenvalue weighted by Gasteiger charge is -2.02. The summed E-state index contributed by atoms with van der Waals surface area (Å²) in [6.07, 6.45) is 4.07. The summed E-state index contributed by atoms with van der Waals surface area (Å²) in [5, 5.41) is 0.350. The SMILES string of the molecule is Nc1ncc(-c2cc(Cl)cnc2F)cn1. The number of nitrogens with zero attached hydrogens (tertiary/aromatic N) is 3. The van der Waals surface area contributed by atoms with Crippen molar-refractivity contribution in [2.24, 2.45) is 0 Å². The summed E-state index contributed by atoms with van der Waals surface area (Å²) in [6, 6.07) is 1.46. The third-order valence-corrected chi connectivity index (χ3v) is 2.00. The van der Waals surface area contributed by atoms with Gasteiger partial charge in [0.25, 0.3) is 0 Å². The van der Waals surface area contributed by atoms with E-state index in [2.05, 4.69) is 15.0 Å². The normalized spacial score (nSPS) is 10.3. The third-order valence-electron chi connectivity index (χ3n) is 1.79. The van der Waals surface area contributed by atoms with Gasteiger partial charge in [0.05, 0.1) is 5.02 Å². The molecule has 0 bridgehead atoms. The molecule has 6 heteroatoms. The summed E-state index contributed by atoms with van der Waals surface area (Å²) in [6.45, 7) is 0. The molecule has 0 fully saturated rings. The maximum Gasteiger partial charge on any atom is 0.220 e. The first-order chi connectivity index (χ1) is 7.16. The van der Waals surface area contributed by atoms with Gasteiger partial charge >= 0.3 is 0 Å². The van der Waals surface area contributed by atoms with Gasteiger partial charge in [0.2, 0.25) is 11.9 Å². The summed E-state index contributed by atoms with van der Waals surface area (Å²) < 4.78 is 13.3. The van der Waals surface area contributed by atoms with Crippen LogP contribution in [-0.2, 0) is 0 Å². The Morgan fingerprint density at radius 1 is 1.13 bits per heavy atom. The molecule has 0 atom stereocenters. The number of hydrogen-bond donors (Lipinski definition) is 1. The van der Waals surface area contributed by atoms with Crippen molar-refractivity contribution in [2.45, 2.75) is 0 Å². The van der Waals surface area contributed by atoms with Gasteiger partial charge < -0.3 is 5.73 Å². The van der Waals surface area contributed by atoms with Crippen molar-refractivity contribution >= 4 is 17.5 Å². The molecule has 2 rings (SSSR count). The van der Waals surface area contributed by atoms with Crippen LogP contribution >= 0.6 is 11.6 Å². The van der Waals surface area contributed by atoms with E-state index in [1.165, 1.54) is 24.7 Å². The van der Waals surface area contributed by atoms with E-state index in [1.807, 2.05) is 0 Å². The molecule has 2 aromatic rings. The molecule has 2 heterocycles. The molecular formula is C9H6ClFN4. The zero-order valence-corrected chi connectivity index (χ0v) is 8.24. The lowest BCUT2D eigenvalue weighted by molar-refractivity contribution is 0.587. The molecule has 0 aromatic carbocycles. The average molecular weight is 225 g/mol. The number of hydrogen-bond acceptors (Lipinski definition) is 4. The number of nitrogen functional groups attached to an aromatic ring is 1. The Balaban J connectivity index is 2.53. The highest BCUT2D eigenvalue weighted by molar-refractivity contribution is 6.30. The standard InChI is InChI=1S/C9H6ClFN4/c10-6-1-7(8(11)13-4-6)5-2-14-9(12)15-3-5/h1-4H,(H2,12,14,15). The van der Waals surface area contributed by atoms with Crippen LogP contribution in [0.3, 0.4) is 0 Å². The van der Waals surface area contributed by atoms with Gasteiger partial charge in [-0.3, -0.25) is 0 Å². The molecule has 0 aliphatic carbocycles. The number of halogens is 2. The van der Waals surface area contributed by atoms with Gasteiger partial charge in [0, 0.05) is 29.7 Å². The maximum absolute atomic E-state index is 13.3. The predicted octanol–water partition coefficient (Wildman–Crippen LogP) is 1.91. The Morgan fingerprint density at radius 3 is 2.47 bits per heavy atom. The van der Waals surface area contributed by atoms with Gasteiger partial charge in [-0.15, -0.1) is 0 Å². The molecule has 0 saturated carbocycles. The van der Waals surface area contributed by atoms with Gasteiger partial charge in [-0.05, 0) is 6.07 Å². The van der Waals surface area contributed by atoms with Crippen LogP contribution in [-0.4, -0.2) is 15.0 Å². The number of aromatic nitrogens is 3. The van der Waals surface area contributed by atoms with E-state index >= 15 is 0 Å². The number of anilines is 1. The van der Waals surface area contributed by atoms with Crippen molar-refractivity contribution in [1.82, 2.24) is 15.0 Å². The molecule has 0 amide bonds. The van der Waals surface area contributed by atoms with E-state index < -0.39 is 5.95 Å². The van der Waals surface area contributed by atoms with E-state index in [0.29, 0.717) is 10.6 Å². The highest BCUT2D eigenvalue weighted by Gasteiger charge is 2.07.